The first-order valence-electron chi connectivity index (χ1n) is 8.73. The van der Waals surface area contributed by atoms with Crippen LogP contribution in [0.5, 0.6) is 0 Å². The Labute approximate surface area is 150 Å². The Morgan fingerprint density at radius 1 is 0.960 bits per heavy atom. The molecule has 4 heteroatoms. The van der Waals surface area contributed by atoms with Crippen LogP contribution in [0.25, 0.3) is 0 Å². The summed E-state index contributed by atoms with van der Waals surface area (Å²) in [6.45, 7) is 5.65. The van der Waals surface area contributed by atoms with Gasteiger partial charge in [0.05, 0.1) is 0 Å². The van der Waals surface area contributed by atoms with Crippen LogP contribution in [0.4, 0.5) is 5.69 Å². The lowest BCUT2D eigenvalue weighted by Gasteiger charge is -2.18. The molecule has 1 aliphatic rings. The molecule has 0 aliphatic carbocycles. The summed E-state index contributed by atoms with van der Waals surface area (Å²) in [4.78, 5) is 6.65. The summed E-state index contributed by atoms with van der Waals surface area (Å²) in [5, 5.41) is 6.73. The summed E-state index contributed by atoms with van der Waals surface area (Å²) < 4.78 is 0. The minimum absolute atomic E-state index is 0.756. The Morgan fingerprint density at radius 2 is 1.64 bits per heavy atom. The van der Waals surface area contributed by atoms with E-state index in [0.717, 1.165) is 32.1 Å². The lowest BCUT2D eigenvalue weighted by atomic mass is 10.1. The van der Waals surface area contributed by atoms with Crippen molar-refractivity contribution >= 4 is 11.6 Å². The molecule has 1 aliphatic heterocycles. The summed E-state index contributed by atoms with van der Waals surface area (Å²) in [6.07, 6.45) is 4.42. The lowest BCUT2D eigenvalue weighted by Crippen LogP contribution is -2.36. The number of nitrogens with zero attached hydrogens (tertiary/aromatic N) is 2. The van der Waals surface area contributed by atoms with Crippen LogP contribution in [-0.4, -0.2) is 26.1 Å². The van der Waals surface area contributed by atoms with Gasteiger partial charge >= 0.3 is 0 Å². The van der Waals surface area contributed by atoms with Gasteiger partial charge in [-0.2, -0.15) is 0 Å². The van der Waals surface area contributed by atoms with Crippen LogP contribution in [0.2, 0.25) is 0 Å². The Morgan fingerprint density at radius 3 is 2.28 bits per heavy atom. The van der Waals surface area contributed by atoms with Crippen LogP contribution in [0.15, 0.2) is 65.7 Å². The summed E-state index contributed by atoms with van der Waals surface area (Å²) >= 11 is 0. The molecule has 130 valence electrons. The fourth-order valence-corrected chi connectivity index (χ4v) is 2.93. The van der Waals surface area contributed by atoms with Gasteiger partial charge in [0.1, 0.15) is 0 Å². The number of rotatable bonds is 5. The van der Waals surface area contributed by atoms with Gasteiger partial charge in [-0.15, -0.1) is 0 Å². The predicted molar refractivity (Wildman–Crippen MR) is 106 cm³/mol. The summed E-state index contributed by atoms with van der Waals surface area (Å²) in [5.74, 6) is 0.814. The third-order valence-corrected chi connectivity index (χ3v) is 4.35. The van der Waals surface area contributed by atoms with Gasteiger partial charge in [0.15, 0.2) is 5.96 Å². The van der Waals surface area contributed by atoms with E-state index in [1.165, 1.54) is 22.4 Å². The Bertz CT molecular complexity index is 739. The van der Waals surface area contributed by atoms with Crippen LogP contribution >= 0.6 is 0 Å². The molecule has 2 aromatic rings. The molecular formula is C21H26N4. The summed E-state index contributed by atoms with van der Waals surface area (Å²) in [5.41, 5.74) is 5.05. The number of hydrogen-bond acceptors (Lipinski definition) is 2. The van der Waals surface area contributed by atoms with Crippen molar-refractivity contribution in [1.82, 2.24) is 10.6 Å². The van der Waals surface area contributed by atoms with Gasteiger partial charge in [-0.05, 0) is 30.2 Å². The lowest BCUT2D eigenvalue weighted by molar-refractivity contribution is 0.808. The molecule has 0 radical (unpaired) electrons. The number of nitrogens with one attached hydrogen (secondary N) is 2. The van der Waals surface area contributed by atoms with Crippen LogP contribution in [0.1, 0.15) is 16.7 Å². The average molecular weight is 334 g/mol. The van der Waals surface area contributed by atoms with E-state index in [-0.39, 0.29) is 0 Å². The summed E-state index contributed by atoms with van der Waals surface area (Å²) in [7, 11) is 1.80. The molecule has 2 N–H and O–H groups in total. The standard InChI is InChI=1S/C21H26N4/c1-17-6-5-7-19(14-17)16-24-21(22-2)23-15-18-8-10-20(11-9-18)25-12-3-4-13-25/h3-11,14H,12-13,15-16H2,1-2H3,(H2,22,23,24). The molecule has 0 fully saturated rings. The van der Waals surface area contributed by atoms with Gasteiger partial charge in [-0.25, -0.2) is 0 Å². The Kier molecular flexibility index (Phi) is 5.73. The molecule has 25 heavy (non-hydrogen) atoms. The van der Waals surface area contributed by atoms with Crippen molar-refractivity contribution in [3.8, 4) is 0 Å². The van der Waals surface area contributed by atoms with E-state index in [2.05, 4.69) is 88.1 Å². The maximum Gasteiger partial charge on any atom is 0.191 e. The highest BCUT2D eigenvalue weighted by Gasteiger charge is 2.07. The largest absolute Gasteiger partial charge is 0.364 e. The number of aryl methyl sites for hydroxylation is 1. The van der Waals surface area contributed by atoms with E-state index in [9.17, 15) is 0 Å². The normalized spacial score (nSPS) is 14.0. The highest BCUT2D eigenvalue weighted by Crippen LogP contribution is 2.17. The number of aliphatic imine (C=N–C) groups is 1. The maximum atomic E-state index is 4.30. The zero-order chi connectivity index (χ0) is 17.5. The molecule has 0 saturated heterocycles. The zero-order valence-electron chi connectivity index (χ0n) is 15.0. The van der Waals surface area contributed by atoms with Gasteiger partial charge in [-0.3, -0.25) is 4.99 Å². The molecular weight excluding hydrogens is 308 g/mol. The fourth-order valence-electron chi connectivity index (χ4n) is 2.93. The highest BCUT2D eigenvalue weighted by atomic mass is 15.2. The minimum atomic E-state index is 0.756. The first-order valence-corrected chi connectivity index (χ1v) is 8.73. The highest BCUT2D eigenvalue weighted by molar-refractivity contribution is 5.79. The van der Waals surface area contributed by atoms with E-state index in [1.807, 2.05) is 0 Å². The number of hydrogen-bond donors (Lipinski definition) is 2. The molecule has 4 nitrogen and oxygen atoms in total. The Balaban J connectivity index is 1.49. The predicted octanol–water partition coefficient (Wildman–Crippen LogP) is 3.24. The molecule has 0 bridgehead atoms. The molecule has 0 spiro atoms. The topological polar surface area (TPSA) is 39.7 Å². The van der Waals surface area contributed by atoms with Gasteiger partial charge in [0.2, 0.25) is 0 Å². The van der Waals surface area contributed by atoms with Gasteiger partial charge in [0.25, 0.3) is 0 Å². The molecule has 0 amide bonds. The second kappa shape index (κ2) is 8.38. The fraction of sp³-hybridized carbons (Fsp3) is 0.286. The van der Waals surface area contributed by atoms with Crippen molar-refractivity contribution < 1.29 is 0 Å². The van der Waals surface area contributed by atoms with Crippen molar-refractivity contribution in [2.75, 3.05) is 25.0 Å². The van der Waals surface area contributed by atoms with E-state index >= 15 is 0 Å². The molecule has 0 aromatic heterocycles. The molecule has 0 atom stereocenters. The quantitative estimate of drug-likeness (QED) is 0.501. The Hall–Kier alpha value is -2.75. The smallest absolute Gasteiger partial charge is 0.191 e. The van der Waals surface area contributed by atoms with Crippen molar-refractivity contribution in [3.63, 3.8) is 0 Å². The van der Waals surface area contributed by atoms with E-state index in [0.29, 0.717) is 0 Å². The average Bonchev–Trinajstić information content (AvgIpc) is 3.17. The first kappa shape index (κ1) is 17.1. The van der Waals surface area contributed by atoms with E-state index in [1.54, 1.807) is 7.05 Å². The van der Waals surface area contributed by atoms with E-state index < -0.39 is 0 Å². The monoisotopic (exact) mass is 334 g/mol. The van der Waals surface area contributed by atoms with Gasteiger partial charge in [0, 0.05) is 38.9 Å². The molecule has 0 saturated carbocycles. The number of benzene rings is 2. The third-order valence-electron chi connectivity index (χ3n) is 4.35. The minimum Gasteiger partial charge on any atom is -0.364 e. The first-order chi connectivity index (χ1) is 12.2. The second-order valence-corrected chi connectivity index (χ2v) is 6.31. The third kappa shape index (κ3) is 4.86. The maximum absolute atomic E-state index is 4.30. The second-order valence-electron chi connectivity index (χ2n) is 6.31. The molecule has 3 rings (SSSR count). The van der Waals surface area contributed by atoms with Crippen molar-refractivity contribution in [2.24, 2.45) is 4.99 Å². The van der Waals surface area contributed by atoms with Crippen LogP contribution < -0.4 is 15.5 Å². The molecule has 2 aromatic carbocycles. The van der Waals surface area contributed by atoms with Crippen LogP contribution in [-0.2, 0) is 13.1 Å². The number of anilines is 1. The van der Waals surface area contributed by atoms with Gasteiger partial charge < -0.3 is 15.5 Å². The SMILES string of the molecule is CN=C(NCc1ccc(N2CC=CC2)cc1)NCc1cccc(C)c1. The zero-order valence-corrected chi connectivity index (χ0v) is 15.0. The van der Waals surface area contributed by atoms with Gasteiger partial charge in [-0.1, -0.05) is 54.1 Å². The molecule has 0 unspecified atom stereocenters. The molecule has 1 heterocycles. The number of guanidine groups is 1. The summed E-state index contributed by atoms with van der Waals surface area (Å²) in [6, 6.07) is 17.2. The van der Waals surface area contributed by atoms with Crippen molar-refractivity contribution in [3.05, 3.63) is 77.4 Å². The van der Waals surface area contributed by atoms with Crippen molar-refractivity contribution in [2.45, 2.75) is 20.0 Å². The van der Waals surface area contributed by atoms with Crippen LogP contribution in [0.3, 0.4) is 0 Å². The van der Waals surface area contributed by atoms with Crippen LogP contribution in [0, 0.1) is 6.92 Å². The van der Waals surface area contributed by atoms with E-state index in [4.69, 9.17) is 0 Å². The van der Waals surface area contributed by atoms with Crippen molar-refractivity contribution in [1.29, 1.82) is 0 Å².